The molecule has 1 amide bonds. The molecule has 1 aliphatic heterocycles. The van der Waals surface area contributed by atoms with Gasteiger partial charge in [0, 0.05) is 18.9 Å². The maximum Gasteiger partial charge on any atom is 0.241 e. The minimum Gasteiger partial charge on any atom is -0.392 e. The highest BCUT2D eigenvalue weighted by atomic mass is 16.3. The van der Waals surface area contributed by atoms with Gasteiger partial charge in [0.25, 0.3) is 0 Å². The second-order valence-electron chi connectivity index (χ2n) is 4.83. The summed E-state index contributed by atoms with van der Waals surface area (Å²) in [5.74, 6) is -0.130. The first kappa shape index (κ1) is 12.8. The number of carbonyl (C=O) groups excluding carboxylic acids is 1. The molecule has 2 heterocycles. The van der Waals surface area contributed by atoms with Gasteiger partial charge < -0.3 is 20.3 Å². The van der Waals surface area contributed by atoms with Crippen molar-refractivity contribution in [2.75, 3.05) is 11.9 Å². The predicted octanol–water partition coefficient (Wildman–Crippen LogP) is 0.534. The number of hydrogen-bond acceptors (Lipinski definition) is 4. The number of rotatable bonds is 3. The molecular formula is C14H16N4O2. The maximum atomic E-state index is 12.2. The van der Waals surface area contributed by atoms with Gasteiger partial charge in [-0.1, -0.05) is 12.1 Å². The van der Waals surface area contributed by atoms with Crippen LogP contribution in [0.4, 0.5) is 5.69 Å². The average molecular weight is 272 g/mol. The van der Waals surface area contributed by atoms with Crippen LogP contribution in [0.15, 0.2) is 43.0 Å². The molecule has 0 spiro atoms. The number of aliphatic hydroxyl groups is 1. The molecule has 104 valence electrons. The molecule has 0 saturated carbocycles. The van der Waals surface area contributed by atoms with E-state index in [4.69, 9.17) is 0 Å². The van der Waals surface area contributed by atoms with Gasteiger partial charge in [0.2, 0.25) is 5.91 Å². The van der Waals surface area contributed by atoms with Gasteiger partial charge in [-0.25, -0.2) is 4.98 Å². The lowest BCUT2D eigenvalue weighted by Crippen LogP contribution is -2.35. The van der Waals surface area contributed by atoms with E-state index in [1.807, 2.05) is 35.0 Å². The summed E-state index contributed by atoms with van der Waals surface area (Å²) >= 11 is 0. The Balaban J connectivity index is 1.79. The molecule has 2 atom stereocenters. The first-order valence-corrected chi connectivity index (χ1v) is 6.54. The third-order valence-electron chi connectivity index (χ3n) is 3.37. The number of β-amino-alcohol motifs (C(OH)–C–C–N with tert-alkyl or cyclic N) is 1. The number of carbonyl (C=O) groups is 1. The third kappa shape index (κ3) is 2.56. The van der Waals surface area contributed by atoms with E-state index in [0.717, 1.165) is 11.4 Å². The van der Waals surface area contributed by atoms with Gasteiger partial charge in [-0.3, -0.25) is 4.79 Å². The van der Waals surface area contributed by atoms with Crippen LogP contribution in [0.25, 0.3) is 5.69 Å². The number of nitrogens with zero attached hydrogens (tertiary/aromatic N) is 2. The van der Waals surface area contributed by atoms with Crippen molar-refractivity contribution in [3.63, 3.8) is 0 Å². The van der Waals surface area contributed by atoms with Gasteiger partial charge >= 0.3 is 0 Å². The Morgan fingerprint density at radius 3 is 3.00 bits per heavy atom. The number of hydrogen-bond donors (Lipinski definition) is 3. The highest BCUT2D eigenvalue weighted by Crippen LogP contribution is 2.20. The number of aromatic nitrogens is 2. The summed E-state index contributed by atoms with van der Waals surface area (Å²) in [6, 6.07) is 7.18. The topological polar surface area (TPSA) is 79.2 Å². The number of imidazole rings is 1. The van der Waals surface area contributed by atoms with Crippen LogP contribution in [-0.4, -0.2) is 39.3 Å². The van der Waals surface area contributed by atoms with Crippen LogP contribution in [0.3, 0.4) is 0 Å². The monoisotopic (exact) mass is 272 g/mol. The second-order valence-corrected chi connectivity index (χ2v) is 4.83. The molecule has 1 saturated heterocycles. The Morgan fingerprint density at radius 2 is 2.30 bits per heavy atom. The van der Waals surface area contributed by atoms with Crippen LogP contribution in [0, 0.1) is 0 Å². The van der Waals surface area contributed by atoms with E-state index >= 15 is 0 Å². The molecule has 0 radical (unpaired) electrons. The minimum atomic E-state index is -0.449. The van der Waals surface area contributed by atoms with E-state index < -0.39 is 6.10 Å². The standard InChI is InChI=1S/C14H16N4O2/c19-10-7-12(16-8-10)14(20)17-11-3-1-2-4-13(11)18-6-5-15-9-18/h1-6,9-10,12,16,19H,7-8H2,(H,17,20). The molecule has 6 heteroatoms. The van der Waals surface area contributed by atoms with Crippen molar-refractivity contribution >= 4 is 11.6 Å². The number of amides is 1. The van der Waals surface area contributed by atoms with E-state index in [-0.39, 0.29) is 11.9 Å². The van der Waals surface area contributed by atoms with E-state index in [9.17, 15) is 9.90 Å². The SMILES string of the molecule is O=C(Nc1ccccc1-n1ccnc1)C1CC(O)CN1. The van der Waals surface area contributed by atoms with Crippen molar-refractivity contribution in [3.05, 3.63) is 43.0 Å². The van der Waals surface area contributed by atoms with Crippen LogP contribution >= 0.6 is 0 Å². The van der Waals surface area contributed by atoms with Crippen LogP contribution in [0.1, 0.15) is 6.42 Å². The first-order valence-electron chi connectivity index (χ1n) is 6.54. The van der Waals surface area contributed by atoms with E-state index in [0.29, 0.717) is 13.0 Å². The second kappa shape index (κ2) is 5.44. The summed E-state index contributed by atoms with van der Waals surface area (Å²) in [4.78, 5) is 16.2. The summed E-state index contributed by atoms with van der Waals surface area (Å²) in [6.07, 6.45) is 5.19. The summed E-state index contributed by atoms with van der Waals surface area (Å²) in [7, 11) is 0. The fourth-order valence-electron chi connectivity index (χ4n) is 2.34. The van der Waals surface area contributed by atoms with Gasteiger partial charge in [0.15, 0.2) is 0 Å². The lowest BCUT2D eigenvalue weighted by atomic mass is 10.2. The average Bonchev–Trinajstić information content (AvgIpc) is 3.10. The van der Waals surface area contributed by atoms with Gasteiger partial charge in [-0.15, -0.1) is 0 Å². The molecule has 2 aromatic rings. The number of aliphatic hydroxyl groups excluding tert-OH is 1. The highest BCUT2D eigenvalue weighted by molar-refractivity contribution is 5.96. The molecule has 1 fully saturated rings. The maximum absolute atomic E-state index is 12.2. The van der Waals surface area contributed by atoms with Crippen LogP contribution in [0.5, 0.6) is 0 Å². The van der Waals surface area contributed by atoms with E-state index in [1.165, 1.54) is 0 Å². The Morgan fingerprint density at radius 1 is 1.45 bits per heavy atom. The zero-order valence-electron chi connectivity index (χ0n) is 10.9. The molecule has 3 rings (SSSR count). The first-order chi connectivity index (χ1) is 9.74. The molecule has 0 aliphatic carbocycles. The predicted molar refractivity (Wildman–Crippen MR) is 74.6 cm³/mol. The van der Waals surface area contributed by atoms with E-state index in [2.05, 4.69) is 15.6 Å². The Bertz CT molecular complexity index is 597. The lowest BCUT2D eigenvalue weighted by molar-refractivity contribution is -0.117. The summed E-state index contributed by atoms with van der Waals surface area (Å²) in [5, 5.41) is 15.4. The van der Waals surface area contributed by atoms with Crippen molar-refractivity contribution in [1.82, 2.24) is 14.9 Å². The Kier molecular flexibility index (Phi) is 3.49. The fraction of sp³-hybridized carbons (Fsp3) is 0.286. The van der Waals surface area contributed by atoms with Crippen molar-refractivity contribution < 1.29 is 9.90 Å². The molecule has 20 heavy (non-hydrogen) atoms. The fourth-order valence-corrected chi connectivity index (χ4v) is 2.34. The van der Waals surface area contributed by atoms with Gasteiger partial charge in [-0.05, 0) is 18.6 Å². The molecule has 1 aromatic carbocycles. The summed E-state index contributed by atoms with van der Waals surface area (Å²) in [5.41, 5.74) is 1.58. The molecule has 3 N–H and O–H groups in total. The summed E-state index contributed by atoms with van der Waals surface area (Å²) in [6.45, 7) is 0.460. The van der Waals surface area contributed by atoms with Crippen molar-refractivity contribution in [3.8, 4) is 5.69 Å². The lowest BCUT2D eigenvalue weighted by Gasteiger charge is -2.14. The zero-order valence-corrected chi connectivity index (χ0v) is 10.9. The third-order valence-corrected chi connectivity index (χ3v) is 3.37. The number of anilines is 1. The molecule has 0 bridgehead atoms. The number of para-hydroxylation sites is 2. The highest BCUT2D eigenvalue weighted by Gasteiger charge is 2.28. The molecule has 1 aliphatic rings. The number of nitrogens with one attached hydrogen (secondary N) is 2. The van der Waals surface area contributed by atoms with Crippen molar-refractivity contribution in [1.29, 1.82) is 0 Å². The number of benzene rings is 1. The smallest absolute Gasteiger partial charge is 0.241 e. The van der Waals surface area contributed by atoms with Crippen LogP contribution in [-0.2, 0) is 4.79 Å². The normalized spacial score (nSPS) is 21.9. The van der Waals surface area contributed by atoms with Crippen molar-refractivity contribution in [2.45, 2.75) is 18.6 Å². The van der Waals surface area contributed by atoms with Crippen LogP contribution < -0.4 is 10.6 Å². The molecule has 2 unspecified atom stereocenters. The zero-order chi connectivity index (χ0) is 13.9. The van der Waals surface area contributed by atoms with E-state index in [1.54, 1.807) is 12.5 Å². The molecule has 1 aromatic heterocycles. The molecular weight excluding hydrogens is 256 g/mol. The van der Waals surface area contributed by atoms with Gasteiger partial charge in [-0.2, -0.15) is 0 Å². The van der Waals surface area contributed by atoms with Crippen molar-refractivity contribution in [2.24, 2.45) is 0 Å². The van der Waals surface area contributed by atoms with Crippen LogP contribution in [0.2, 0.25) is 0 Å². The van der Waals surface area contributed by atoms with Gasteiger partial charge in [0.05, 0.1) is 29.8 Å². The Hall–Kier alpha value is -2.18. The Labute approximate surface area is 116 Å². The quantitative estimate of drug-likeness (QED) is 0.761. The largest absolute Gasteiger partial charge is 0.392 e. The molecule has 6 nitrogen and oxygen atoms in total. The minimum absolute atomic E-state index is 0.130. The summed E-state index contributed by atoms with van der Waals surface area (Å²) < 4.78 is 1.84. The van der Waals surface area contributed by atoms with Gasteiger partial charge in [0.1, 0.15) is 0 Å².